The van der Waals surface area contributed by atoms with Crippen molar-refractivity contribution in [3.8, 4) is 0 Å². The van der Waals surface area contributed by atoms with Crippen LogP contribution in [0.25, 0.3) is 0 Å². The molecule has 6 heteroatoms. The van der Waals surface area contributed by atoms with Gasteiger partial charge in [0.2, 0.25) is 0 Å². The van der Waals surface area contributed by atoms with Gasteiger partial charge in [0, 0.05) is 40.6 Å². The summed E-state index contributed by atoms with van der Waals surface area (Å²) in [4.78, 5) is 0. The van der Waals surface area contributed by atoms with Gasteiger partial charge in [0.05, 0.1) is 25.4 Å². The number of methoxy groups -OCH3 is 2. The van der Waals surface area contributed by atoms with Crippen LogP contribution in [0.15, 0.2) is 0 Å². The van der Waals surface area contributed by atoms with Crippen molar-refractivity contribution in [3.63, 3.8) is 0 Å². The third-order valence-electron chi connectivity index (χ3n) is 3.24. The summed E-state index contributed by atoms with van der Waals surface area (Å²) in [6.45, 7) is 3.38. The van der Waals surface area contributed by atoms with E-state index >= 15 is 0 Å². The summed E-state index contributed by atoms with van der Waals surface area (Å²) in [5, 5.41) is 18.8. The predicted molar refractivity (Wildman–Crippen MR) is 85.1 cm³/mol. The van der Waals surface area contributed by atoms with Gasteiger partial charge in [-0.2, -0.15) is 0 Å². The average molecular weight is 322 g/mol. The molecule has 22 heavy (non-hydrogen) atoms. The monoisotopic (exact) mass is 322 g/mol. The lowest BCUT2D eigenvalue weighted by molar-refractivity contribution is 0.0293. The fourth-order valence-electron chi connectivity index (χ4n) is 1.96. The van der Waals surface area contributed by atoms with E-state index in [4.69, 9.17) is 18.9 Å². The molecular formula is C16H34O6. The van der Waals surface area contributed by atoms with Crippen LogP contribution in [-0.4, -0.2) is 76.3 Å². The van der Waals surface area contributed by atoms with E-state index in [1.54, 1.807) is 14.2 Å². The van der Waals surface area contributed by atoms with E-state index in [0.29, 0.717) is 39.3 Å². The van der Waals surface area contributed by atoms with E-state index in [9.17, 15) is 10.2 Å². The van der Waals surface area contributed by atoms with Crippen LogP contribution in [0.4, 0.5) is 0 Å². The molecule has 0 saturated carbocycles. The normalized spacial score (nSPS) is 14.2. The van der Waals surface area contributed by atoms with Crippen LogP contribution < -0.4 is 0 Å². The van der Waals surface area contributed by atoms with Crippen molar-refractivity contribution in [1.29, 1.82) is 0 Å². The van der Waals surface area contributed by atoms with Crippen molar-refractivity contribution < 1.29 is 29.2 Å². The van der Waals surface area contributed by atoms with Crippen LogP contribution in [0.5, 0.6) is 0 Å². The van der Waals surface area contributed by atoms with E-state index in [2.05, 4.69) is 0 Å². The summed E-state index contributed by atoms with van der Waals surface area (Å²) < 4.78 is 20.6. The Balaban J connectivity index is 3.08. The lowest BCUT2D eigenvalue weighted by Crippen LogP contribution is -2.16. The van der Waals surface area contributed by atoms with Crippen molar-refractivity contribution in [3.05, 3.63) is 0 Å². The Labute approximate surface area is 134 Å². The van der Waals surface area contributed by atoms with Crippen molar-refractivity contribution >= 4 is 0 Å². The van der Waals surface area contributed by atoms with Gasteiger partial charge in [0.15, 0.2) is 0 Å². The zero-order valence-corrected chi connectivity index (χ0v) is 14.2. The van der Waals surface area contributed by atoms with Gasteiger partial charge >= 0.3 is 0 Å². The van der Waals surface area contributed by atoms with Crippen LogP contribution in [0.1, 0.15) is 38.5 Å². The minimum Gasteiger partial charge on any atom is -0.391 e. The molecule has 0 radical (unpaired) electrons. The lowest BCUT2D eigenvalue weighted by Gasteiger charge is -2.10. The van der Waals surface area contributed by atoms with Crippen LogP contribution >= 0.6 is 0 Å². The van der Waals surface area contributed by atoms with Crippen LogP contribution in [0, 0.1) is 0 Å². The number of ether oxygens (including phenoxy) is 4. The first-order valence-corrected chi connectivity index (χ1v) is 8.20. The first kappa shape index (κ1) is 21.8. The summed E-state index contributed by atoms with van der Waals surface area (Å²) in [6, 6.07) is 0. The highest BCUT2D eigenvalue weighted by Gasteiger charge is 2.03. The number of rotatable bonds is 17. The van der Waals surface area contributed by atoms with Crippen LogP contribution in [0.2, 0.25) is 0 Å². The number of unbranched alkanes of at least 4 members (excludes halogenated alkanes) is 3. The van der Waals surface area contributed by atoms with Crippen molar-refractivity contribution in [2.45, 2.75) is 50.7 Å². The molecule has 0 spiro atoms. The number of hydrogen-bond acceptors (Lipinski definition) is 6. The Morgan fingerprint density at radius 2 is 1.05 bits per heavy atom. The summed E-state index contributed by atoms with van der Waals surface area (Å²) in [5.74, 6) is 0. The highest BCUT2D eigenvalue weighted by atomic mass is 16.5. The molecule has 0 rings (SSSR count). The van der Waals surface area contributed by atoms with E-state index in [0.717, 1.165) is 38.9 Å². The summed E-state index contributed by atoms with van der Waals surface area (Å²) in [5.41, 5.74) is 0. The molecule has 0 bridgehead atoms. The van der Waals surface area contributed by atoms with Gasteiger partial charge in [-0.3, -0.25) is 0 Å². The van der Waals surface area contributed by atoms with Crippen LogP contribution in [-0.2, 0) is 18.9 Å². The Morgan fingerprint density at radius 3 is 1.41 bits per heavy atom. The number of aliphatic hydroxyl groups excluding tert-OH is 2. The van der Waals surface area contributed by atoms with Gasteiger partial charge in [0.1, 0.15) is 0 Å². The lowest BCUT2D eigenvalue weighted by atomic mass is 10.2. The van der Waals surface area contributed by atoms with Crippen LogP contribution in [0.3, 0.4) is 0 Å². The maximum absolute atomic E-state index is 9.42. The molecule has 0 saturated heterocycles. The standard InChI is InChI=1S/C16H34O6/c1-19-13-15(17)7-11-21-9-5-3-4-6-10-22-12-8-16(18)14-20-2/h15-18H,3-14H2,1-2H3. The second-order valence-electron chi connectivity index (χ2n) is 5.43. The maximum atomic E-state index is 9.42. The molecule has 0 aromatic heterocycles. The third-order valence-corrected chi connectivity index (χ3v) is 3.24. The third kappa shape index (κ3) is 16.1. The van der Waals surface area contributed by atoms with Gasteiger partial charge in [-0.05, 0) is 25.7 Å². The molecule has 0 heterocycles. The summed E-state index contributed by atoms with van der Waals surface area (Å²) >= 11 is 0. The second kappa shape index (κ2) is 17.1. The molecule has 0 amide bonds. The minimum absolute atomic E-state index is 0.367. The smallest absolute Gasteiger partial charge is 0.0795 e. The van der Waals surface area contributed by atoms with Gasteiger partial charge in [-0.15, -0.1) is 0 Å². The zero-order chi connectivity index (χ0) is 16.5. The topological polar surface area (TPSA) is 77.4 Å². The van der Waals surface area contributed by atoms with Gasteiger partial charge in [-0.1, -0.05) is 12.8 Å². The molecular weight excluding hydrogens is 288 g/mol. The van der Waals surface area contributed by atoms with E-state index in [1.807, 2.05) is 0 Å². The van der Waals surface area contributed by atoms with Crippen molar-refractivity contribution in [1.82, 2.24) is 0 Å². The molecule has 2 atom stereocenters. The molecule has 0 aliphatic heterocycles. The van der Waals surface area contributed by atoms with Gasteiger partial charge in [-0.25, -0.2) is 0 Å². The molecule has 0 aliphatic rings. The Bertz CT molecular complexity index is 193. The van der Waals surface area contributed by atoms with E-state index in [-0.39, 0.29) is 0 Å². The molecule has 0 aliphatic carbocycles. The predicted octanol–water partition coefficient (Wildman–Crippen LogP) is 1.37. The average Bonchev–Trinajstić information content (AvgIpc) is 2.49. The first-order chi connectivity index (χ1) is 10.7. The van der Waals surface area contributed by atoms with Gasteiger partial charge in [0.25, 0.3) is 0 Å². The van der Waals surface area contributed by atoms with Crippen molar-refractivity contribution in [2.24, 2.45) is 0 Å². The van der Waals surface area contributed by atoms with E-state index < -0.39 is 12.2 Å². The Hall–Kier alpha value is -0.240. The second-order valence-corrected chi connectivity index (χ2v) is 5.43. The molecule has 0 fully saturated rings. The quantitative estimate of drug-likeness (QED) is 0.394. The fourth-order valence-corrected chi connectivity index (χ4v) is 1.96. The SMILES string of the molecule is COCC(O)CCOCCCCCCOCCC(O)COC. The molecule has 2 unspecified atom stereocenters. The number of aliphatic hydroxyl groups is 2. The minimum atomic E-state index is -0.426. The Morgan fingerprint density at radius 1 is 0.636 bits per heavy atom. The first-order valence-electron chi connectivity index (χ1n) is 8.20. The highest BCUT2D eigenvalue weighted by Crippen LogP contribution is 2.02. The molecule has 2 N–H and O–H groups in total. The van der Waals surface area contributed by atoms with Crippen molar-refractivity contribution in [2.75, 3.05) is 53.9 Å². The highest BCUT2D eigenvalue weighted by molar-refractivity contribution is 4.53. The van der Waals surface area contributed by atoms with E-state index in [1.165, 1.54) is 0 Å². The fraction of sp³-hybridized carbons (Fsp3) is 1.00. The Kier molecular flexibility index (Phi) is 16.9. The molecule has 0 aromatic rings. The summed E-state index contributed by atoms with van der Waals surface area (Å²) in [7, 11) is 3.16. The number of hydrogen-bond donors (Lipinski definition) is 2. The maximum Gasteiger partial charge on any atom is 0.0795 e. The zero-order valence-electron chi connectivity index (χ0n) is 14.2. The molecule has 6 nitrogen and oxygen atoms in total. The molecule has 0 aromatic carbocycles. The summed E-state index contributed by atoms with van der Waals surface area (Å²) in [6.07, 6.45) is 4.70. The largest absolute Gasteiger partial charge is 0.391 e. The molecule has 134 valence electrons. The van der Waals surface area contributed by atoms with Gasteiger partial charge < -0.3 is 29.2 Å².